The van der Waals surface area contributed by atoms with Crippen LogP contribution in [0.4, 0.5) is 13.2 Å². The minimum absolute atomic E-state index is 0.106. The molecule has 0 spiro atoms. The number of ether oxygens (including phenoxy) is 1. The first kappa shape index (κ1) is 16.8. The van der Waals surface area contributed by atoms with Gasteiger partial charge in [-0.2, -0.15) is 18.4 Å². The predicted molar refractivity (Wildman–Crippen MR) is 67.6 cm³/mol. The number of alkyl halides is 3. The predicted octanol–water partition coefficient (Wildman–Crippen LogP) is 2.44. The van der Waals surface area contributed by atoms with Gasteiger partial charge in [0.2, 0.25) is 5.88 Å². The van der Waals surface area contributed by atoms with E-state index in [4.69, 9.17) is 5.26 Å². The highest BCUT2D eigenvalue weighted by atomic mass is 19.4. The molecule has 1 amide bonds. The zero-order valence-corrected chi connectivity index (χ0v) is 11.3. The van der Waals surface area contributed by atoms with Crippen LogP contribution in [0.3, 0.4) is 0 Å². The Morgan fingerprint density at radius 3 is 2.81 bits per heavy atom. The van der Waals surface area contributed by atoms with Crippen LogP contribution in [0.15, 0.2) is 18.2 Å². The number of pyridine rings is 1. The first-order chi connectivity index (χ1) is 9.85. The SMILES string of the molecule is CCC[C@@H](C#N)NC(=O)c1cccc(OCC(F)(F)F)n1. The van der Waals surface area contributed by atoms with Crippen LogP contribution >= 0.6 is 0 Å². The number of hydrogen-bond acceptors (Lipinski definition) is 4. The monoisotopic (exact) mass is 301 g/mol. The van der Waals surface area contributed by atoms with Crippen molar-refractivity contribution < 1.29 is 22.7 Å². The molecule has 0 unspecified atom stereocenters. The van der Waals surface area contributed by atoms with Crippen molar-refractivity contribution in [1.82, 2.24) is 10.3 Å². The summed E-state index contributed by atoms with van der Waals surface area (Å²) in [6, 6.07) is 5.16. The van der Waals surface area contributed by atoms with Gasteiger partial charge in [0.15, 0.2) is 6.61 Å². The van der Waals surface area contributed by atoms with E-state index in [1.807, 2.05) is 13.0 Å². The highest BCUT2D eigenvalue weighted by molar-refractivity contribution is 5.92. The Kier molecular flexibility index (Phi) is 5.96. The summed E-state index contributed by atoms with van der Waals surface area (Å²) in [5.74, 6) is -0.934. The Labute approximate surface area is 119 Å². The fourth-order valence-corrected chi connectivity index (χ4v) is 1.47. The Morgan fingerprint density at radius 2 is 2.24 bits per heavy atom. The standard InChI is InChI=1S/C13H14F3N3O2/c1-2-4-9(7-17)18-12(20)10-5-3-6-11(19-10)21-8-13(14,15)16/h3,5-6,9H,2,4,8H2,1H3,(H,18,20)/t9-/m0/s1. The van der Waals surface area contributed by atoms with E-state index in [-0.39, 0.29) is 11.6 Å². The number of nitrogens with one attached hydrogen (secondary N) is 1. The normalized spacial score (nSPS) is 12.3. The van der Waals surface area contributed by atoms with Gasteiger partial charge in [0.05, 0.1) is 6.07 Å². The van der Waals surface area contributed by atoms with E-state index in [0.717, 1.165) is 0 Å². The Balaban J connectivity index is 2.71. The van der Waals surface area contributed by atoms with Crippen LogP contribution in [0.5, 0.6) is 5.88 Å². The van der Waals surface area contributed by atoms with Crippen molar-refractivity contribution in [2.24, 2.45) is 0 Å². The van der Waals surface area contributed by atoms with Crippen LogP contribution in [0.2, 0.25) is 0 Å². The summed E-state index contributed by atoms with van der Waals surface area (Å²) >= 11 is 0. The average Bonchev–Trinajstić information content (AvgIpc) is 2.44. The molecule has 0 aliphatic heterocycles. The van der Waals surface area contributed by atoms with Gasteiger partial charge in [-0.3, -0.25) is 4.79 Å². The number of halogens is 3. The molecule has 0 aliphatic rings. The summed E-state index contributed by atoms with van der Waals surface area (Å²) in [6.07, 6.45) is -3.29. The molecule has 0 aromatic carbocycles. The van der Waals surface area contributed by atoms with Gasteiger partial charge in [0, 0.05) is 6.07 Å². The molecule has 8 heteroatoms. The Bertz CT molecular complexity index is 526. The van der Waals surface area contributed by atoms with Crippen molar-refractivity contribution in [2.45, 2.75) is 32.0 Å². The zero-order chi connectivity index (χ0) is 15.9. The number of nitrogens with zero attached hydrogens (tertiary/aromatic N) is 2. The molecule has 0 fully saturated rings. The Morgan fingerprint density at radius 1 is 1.52 bits per heavy atom. The number of amides is 1. The molecule has 114 valence electrons. The molecule has 1 aromatic heterocycles. The van der Waals surface area contributed by atoms with Crippen LogP contribution in [0, 0.1) is 11.3 Å². The van der Waals surface area contributed by atoms with Crippen molar-refractivity contribution in [3.63, 3.8) is 0 Å². The highest BCUT2D eigenvalue weighted by Crippen LogP contribution is 2.17. The van der Waals surface area contributed by atoms with Crippen molar-refractivity contribution >= 4 is 5.91 Å². The largest absolute Gasteiger partial charge is 0.468 e. The van der Waals surface area contributed by atoms with E-state index >= 15 is 0 Å². The topological polar surface area (TPSA) is 75.0 Å². The fraction of sp³-hybridized carbons (Fsp3) is 0.462. The van der Waals surface area contributed by atoms with E-state index in [0.29, 0.717) is 12.8 Å². The van der Waals surface area contributed by atoms with Crippen LogP contribution < -0.4 is 10.1 Å². The first-order valence-electron chi connectivity index (χ1n) is 6.22. The highest BCUT2D eigenvalue weighted by Gasteiger charge is 2.28. The number of nitriles is 1. The number of carbonyl (C=O) groups excluding carboxylic acids is 1. The lowest BCUT2D eigenvalue weighted by Crippen LogP contribution is -2.34. The molecule has 0 bridgehead atoms. The van der Waals surface area contributed by atoms with Gasteiger partial charge in [-0.25, -0.2) is 4.98 Å². The third-order valence-corrected chi connectivity index (χ3v) is 2.38. The summed E-state index contributed by atoms with van der Waals surface area (Å²) in [5, 5.41) is 11.3. The molecule has 21 heavy (non-hydrogen) atoms. The summed E-state index contributed by atoms with van der Waals surface area (Å²) < 4.78 is 40.6. The van der Waals surface area contributed by atoms with Crippen LogP contribution in [0.25, 0.3) is 0 Å². The van der Waals surface area contributed by atoms with Gasteiger partial charge >= 0.3 is 6.18 Å². The summed E-state index contributed by atoms with van der Waals surface area (Å²) in [6.45, 7) is 0.377. The van der Waals surface area contributed by atoms with Crippen molar-refractivity contribution in [3.05, 3.63) is 23.9 Å². The average molecular weight is 301 g/mol. The maximum absolute atomic E-state index is 12.0. The quantitative estimate of drug-likeness (QED) is 0.875. The van der Waals surface area contributed by atoms with Gasteiger partial charge in [-0.15, -0.1) is 0 Å². The third kappa shape index (κ3) is 6.12. The van der Waals surface area contributed by atoms with Crippen molar-refractivity contribution in [3.8, 4) is 11.9 Å². The summed E-state index contributed by atoms with van der Waals surface area (Å²) in [5.41, 5.74) is -0.106. The second kappa shape index (κ2) is 7.47. The van der Waals surface area contributed by atoms with Gasteiger partial charge in [-0.05, 0) is 12.5 Å². The van der Waals surface area contributed by atoms with E-state index in [9.17, 15) is 18.0 Å². The second-order valence-electron chi connectivity index (χ2n) is 4.21. The molecule has 1 aromatic rings. The number of carbonyl (C=O) groups is 1. The molecule has 0 saturated heterocycles. The van der Waals surface area contributed by atoms with Gasteiger partial charge in [-0.1, -0.05) is 19.4 Å². The number of aromatic nitrogens is 1. The second-order valence-corrected chi connectivity index (χ2v) is 4.21. The lowest BCUT2D eigenvalue weighted by Gasteiger charge is -2.11. The third-order valence-electron chi connectivity index (χ3n) is 2.38. The van der Waals surface area contributed by atoms with Gasteiger partial charge in [0.1, 0.15) is 11.7 Å². The summed E-state index contributed by atoms with van der Waals surface area (Å²) in [4.78, 5) is 15.5. The van der Waals surface area contributed by atoms with Crippen LogP contribution in [-0.4, -0.2) is 29.7 Å². The maximum atomic E-state index is 12.0. The van der Waals surface area contributed by atoms with Crippen LogP contribution in [0.1, 0.15) is 30.3 Å². The minimum atomic E-state index is -4.48. The Hall–Kier alpha value is -2.30. The molecule has 5 nitrogen and oxygen atoms in total. The molecule has 1 heterocycles. The number of hydrogen-bond donors (Lipinski definition) is 1. The lowest BCUT2D eigenvalue weighted by molar-refractivity contribution is -0.154. The van der Waals surface area contributed by atoms with E-state index < -0.39 is 24.7 Å². The molecule has 1 rings (SSSR count). The molecule has 0 aliphatic carbocycles. The minimum Gasteiger partial charge on any atom is -0.468 e. The first-order valence-corrected chi connectivity index (χ1v) is 6.22. The molecule has 1 atom stereocenters. The molecular formula is C13H14F3N3O2. The maximum Gasteiger partial charge on any atom is 0.422 e. The van der Waals surface area contributed by atoms with Gasteiger partial charge < -0.3 is 10.1 Å². The summed E-state index contributed by atoms with van der Waals surface area (Å²) in [7, 11) is 0. The van der Waals surface area contributed by atoms with E-state index in [1.165, 1.54) is 18.2 Å². The van der Waals surface area contributed by atoms with Gasteiger partial charge in [0.25, 0.3) is 5.91 Å². The zero-order valence-electron chi connectivity index (χ0n) is 11.3. The van der Waals surface area contributed by atoms with Crippen molar-refractivity contribution in [1.29, 1.82) is 5.26 Å². The molecule has 1 N–H and O–H groups in total. The fourth-order valence-electron chi connectivity index (χ4n) is 1.47. The molecule has 0 radical (unpaired) electrons. The van der Waals surface area contributed by atoms with Crippen molar-refractivity contribution in [2.75, 3.05) is 6.61 Å². The smallest absolute Gasteiger partial charge is 0.422 e. The molecular weight excluding hydrogens is 287 g/mol. The number of rotatable bonds is 6. The lowest BCUT2D eigenvalue weighted by atomic mass is 10.2. The van der Waals surface area contributed by atoms with E-state index in [2.05, 4.69) is 15.0 Å². The molecule has 0 saturated carbocycles. The van der Waals surface area contributed by atoms with Crippen LogP contribution in [-0.2, 0) is 0 Å². The van der Waals surface area contributed by atoms with E-state index in [1.54, 1.807) is 0 Å².